The lowest BCUT2D eigenvalue weighted by Crippen LogP contribution is -2.40. The largest absolute Gasteiger partial charge is 0.476 e. The topological polar surface area (TPSA) is 221 Å². The number of carbonyl (C=O) groups excluding carboxylic acids is 3. The van der Waals surface area contributed by atoms with E-state index >= 15 is 4.39 Å². The van der Waals surface area contributed by atoms with Crippen LogP contribution in [0.25, 0.3) is 32.5 Å². The molecule has 1 saturated heterocycles. The molecule has 0 radical (unpaired) electrons. The van der Waals surface area contributed by atoms with E-state index in [1.165, 1.54) is 15.0 Å². The Kier molecular flexibility index (Phi) is 18.1. The second kappa shape index (κ2) is 24.5. The van der Waals surface area contributed by atoms with Gasteiger partial charge in [0, 0.05) is 84.5 Å². The third-order valence-electron chi connectivity index (χ3n) is 12.6. The molecule has 2 amide bonds. The number of ether oxygens (including phenoxy) is 1. The average molecular weight is 1040 g/mol. The van der Waals surface area contributed by atoms with Crippen LogP contribution in [0, 0.1) is 24.5 Å². The van der Waals surface area contributed by atoms with Crippen molar-refractivity contribution in [2.24, 2.45) is 18.7 Å². The Morgan fingerprint density at radius 1 is 1.08 bits per heavy atom. The Hall–Kier alpha value is -7.10. The highest BCUT2D eigenvalue weighted by atomic mass is 32.2. The molecular formula is C52H59F2N9O8S2. The molecule has 2 aliphatic heterocycles. The van der Waals surface area contributed by atoms with Crippen LogP contribution < -0.4 is 31.2 Å². The number of unbranched alkanes of at least 4 members (excludes halogenated alkanes) is 2. The summed E-state index contributed by atoms with van der Waals surface area (Å²) in [4.78, 5) is 67.8. The highest BCUT2D eigenvalue weighted by molar-refractivity contribution is 7.83. The lowest BCUT2D eigenvalue weighted by Gasteiger charge is -2.26. The summed E-state index contributed by atoms with van der Waals surface area (Å²) in [5.41, 5.74) is 15.9. The Labute approximate surface area is 427 Å². The molecule has 17 nitrogen and oxygen atoms in total. The molecule has 3 unspecified atom stereocenters. The zero-order valence-electron chi connectivity index (χ0n) is 41.5. The molecule has 7 aromatic rings. The maximum absolute atomic E-state index is 15.4. The third kappa shape index (κ3) is 12.4. The number of primary amides is 1. The molecule has 2 aliphatic rings. The number of nitrogens with zero attached hydrogens (tertiary/aromatic N) is 6. The fourth-order valence-corrected chi connectivity index (χ4v) is 10.8. The van der Waals surface area contributed by atoms with Gasteiger partial charge in [-0.15, -0.1) is 11.3 Å². The molecule has 0 bridgehead atoms. The second-order valence-electron chi connectivity index (χ2n) is 18.0. The van der Waals surface area contributed by atoms with Crippen molar-refractivity contribution < 1.29 is 41.5 Å². The van der Waals surface area contributed by atoms with Crippen LogP contribution in [0.1, 0.15) is 80.0 Å². The maximum Gasteiger partial charge on any atom is 0.274 e. The molecule has 0 aliphatic carbocycles. The van der Waals surface area contributed by atoms with Gasteiger partial charge in [-0.3, -0.25) is 18.6 Å². The first-order chi connectivity index (χ1) is 35.2. The number of hydrogen-bond donors (Lipinski definition) is 3. The summed E-state index contributed by atoms with van der Waals surface area (Å²) in [6.07, 6.45) is 11.6. The van der Waals surface area contributed by atoms with Gasteiger partial charge in [0.2, 0.25) is 12.3 Å². The number of halogens is 2. The number of thiazole rings is 1. The number of aldehydes is 1. The number of hydroxylamine groups is 1. The summed E-state index contributed by atoms with van der Waals surface area (Å²) in [6.45, 7) is 6.97. The number of nitrogens with two attached hydrogens (primary N) is 1. The van der Waals surface area contributed by atoms with Crippen LogP contribution in [-0.2, 0) is 50.9 Å². The summed E-state index contributed by atoms with van der Waals surface area (Å²) in [6, 6.07) is 13.9. The first-order valence-electron chi connectivity index (χ1n) is 23.8. The standard InChI is InChI=1S/C40H44F2N6O6S.C11H12N2OS.CH3NO/c1-23(2)35(39(50)47-11-8-10-28(47)21-49)33-16-34(45-54-33)53-12-7-5-6-9-24-14-32-29(13-25(24)22-55(4)52)30-20-46(3)40(51)37-36(30)26(17-43-37)19-48(32)38-31(42)15-27(41)18-44-38;1-8-11(15-7-13-8)9-3-5-10(6-4-9)14-12-2;2-1-3/h13-18,20-21,23,28,35,43H,5-12,19,22H2,1-4H3;3-7,12H,1-2H3;1H,(H2,2,3). The number of fused-ring (bicyclic) bond motifs is 2. The minimum Gasteiger partial charge on any atom is -0.476 e. The van der Waals surface area contributed by atoms with E-state index in [1.54, 1.807) is 59.9 Å². The van der Waals surface area contributed by atoms with Crippen molar-refractivity contribution in [3.63, 3.8) is 0 Å². The summed E-state index contributed by atoms with van der Waals surface area (Å²) < 4.78 is 55.1. The monoisotopic (exact) mass is 1040 g/mol. The van der Waals surface area contributed by atoms with E-state index in [4.69, 9.17) is 18.9 Å². The molecule has 0 saturated carbocycles. The number of H-pyrrole nitrogens is 1. The predicted molar refractivity (Wildman–Crippen MR) is 277 cm³/mol. The van der Waals surface area contributed by atoms with Gasteiger partial charge in [-0.25, -0.2) is 18.7 Å². The van der Waals surface area contributed by atoms with E-state index in [1.807, 2.05) is 62.7 Å². The van der Waals surface area contributed by atoms with Crippen molar-refractivity contribution in [1.82, 2.24) is 35.1 Å². The van der Waals surface area contributed by atoms with Crippen LogP contribution in [0.4, 0.5) is 20.3 Å². The van der Waals surface area contributed by atoms with Gasteiger partial charge in [-0.05, 0) is 115 Å². The second-order valence-corrected chi connectivity index (χ2v) is 20.3. The van der Waals surface area contributed by atoms with Gasteiger partial charge in [-0.2, -0.15) is 5.48 Å². The van der Waals surface area contributed by atoms with Gasteiger partial charge in [0.1, 0.15) is 29.3 Å². The van der Waals surface area contributed by atoms with Crippen LogP contribution in [0.5, 0.6) is 11.6 Å². The molecule has 4 N–H and O–H groups in total. The molecule has 73 heavy (non-hydrogen) atoms. The third-order valence-corrected chi connectivity index (χ3v) is 14.3. The lowest BCUT2D eigenvalue weighted by atomic mass is 9.91. The minimum absolute atomic E-state index is 0.0484. The number of likely N-dealkylation sites (tertiary alicyclic amines) is 1. The fourth-order valence-electron chi connectivity index (χ4n) is 9.26. The number of hydrogen-bond acceptors (Lipinski definition) is 14. The van der Waals surface area contributed by atoms with Gasteiger partial charge in [0.15, 0.2) is 17.4 Å². The van der Waals surface area contributed by atoms with Gasteiger partial charge in [-0.1, -0.05) is 13.8 Å². The van der Waals surface area contributed by atoms with Crippen LogP contribution in [0.2, 0.25) is 0 Å². The lowest BCUT2D eigenvalue weighted by molar-refractivity contribution is -0.137. The summed E-state index contributed by atoms with van der Waals surface area (Å²) in [5.74, 6) is -0.641. The summed E-state index contributed by atoms with van der Waals surface area (Å²) >= 11 is 1.65. The number of aromatic amines is 1. The fraction of sp³-hybridized carbons (Fsp3) is 0.365. The predicted octanol–water partition coefficient (Wildman–Crippen LogP) is 8.18. The molecule has 7 heterocycles. The zero-order chi connectivity index (χ0) is 52.3. The average Bonchev–Trinajstić information content (AvgIpc) is 4.19. The molecule has 5 aromatic heterocycles. The van der Waals surface area contributed by atoms with Gasteiger partial charge < -0.3 is 44.0 Å². The minimum atomic E-state index is -1.17. The Bertz CT molecular complexity index is 3140. The van der Waals surface area contributed by atoms with E-state index in [0.717, 1.165) is 82.5 Å². The van der Waals surface area contributed by atoms with Crippen LogP contribution in [-0.4, -0.2) is 84.9 Å². The summed E-state index contributed by atoms with van der Waals surface area (Å²) in [7, 11) is 2.24. The van der Waals surface area contributed by atoms with Crippen LogP contribution >= 0.6 is 11.3 Å². The molecule has 386 valence electrons. The van der Waals surface area contributed by atoms with Crippen molar-refractivity contribution in [2.75, 3.05) is 31.4 Å². The van der Waals surface area contributed by atoms with E-state index in [-0.39, 0.29) is 36.2 Å². The molecule has 2 aromatic carbocycles. The maximum atomic E-state index is 15.4. The molecule has 0 spiro atoms. The van der Waals surface area contributed by atoms with E-state index < -0.39 is 34.4 Å². The van der Waals surface area contributed by atoms with E-state index in [0.29, 0.717) is 61.0 Å². The number of anilines is 2. The highest BCUT2D eigenvalue weighted by Gasteiger charge is 2.37. The number of aryl methyl sites for hydroxylation is 3. The van der Waals surface area contributed by atoms with Crippen LogP contribution in [0.3, 0.4) is 0 Å². The van der Waals surface area contributed by atoms with Crippen LogP contribution in [0.15, 0.2) is 81.9 Å². The smallest absolute Gasteiger partial charge is 0.274 e. The van der Waals surface area contributed by atoms with Crippen molar-refractivity contribution >= 4 is 63.1 Å². The van der Waals surface area contributed by atoms with Gasteiger partial charge >= 0.3 is 0 Å². The normalized spacial score (nSPS) is 14.6. The van der Waals surface area contributed by atoms with Crippen molar-refractivity contribution in [1.29, 1.82) is 0 Å². The number of amides is 2. The van der Waals surface area contributed by atoms with E-state index in [9.17, 15) is 23.0 Å². The number of benzene rings is 2. The van der Waals surface area contributed by atoms with Crippen molar-refractivity contribution in [2.45, 2.75) is 83.6 Å². The molecular weight excluding hydrogens is 981 g/mol. The number of carbonyl (C=O) groups is 3. The number of pyridine rings is 2. The first kappa shape index (κ1) is 53.7. The number of aromatic nitrogens is 5. The molecule has 3 atom stereocenters. The Morgan fingerprint density at radius 2 is 1.85 bits per heavy atom. The quantitative estimate of drug-likeness (QED) is 0.0446. The highest BCUT2D eigenvalue weighted by Crippen LogP contribution is 2.45. The Balaban J connectivity index is 0.000000365. The number of rotatable bonds is 17. The zero-order valence-corrected chi connectivity index (χ0v) is 43.1. The molecule has 9 rings (SSSR count). The van der Waals surface area contributed by atoms with E-state index in [2.05, 4.69) is 31.3 Å². The van der Waals surface area contributed by atoms with Gasteiger partial charge in [0.25, 0.3) is 11.4 Å². The Morgan fingerprint density at radius 3 is 2.52 bits per heavy atom. The molecule has 21 heteroatoms. The molecule has 1 fully saturated rings. The van der Waals surface area contributed by atoms with Crippen molar-refractivity contribution in [3.8, 4) is 33.2 Å². The first-order valence-corrected chi connectivity index (χ1v) is 26.4. The summed E-state index contributed by atoms with van der Waals surface area (Å²) in [5, 5.41) is 4.77. The van der Waals surface area contributed by atoms with Gasteiger partial charge in [0.05, 0.1) is 47.2 Å². The SMILES string of the molecule is CC(C)C(C(=O)N1CCCC1C=O)c1cc(OCCCCCc2cc3c(cc2CS(C)=O)-c2cn(C)c(=O)c4[nH]cc(c24)CN3c2ncc(F)cc2F)no1.CNOc1ccc(-c2scnc2C)cc1.NC=O. The van der Waals surface area contributed by atoms with Crippen molar-refractivity contribution in [3.05, 3.63) is 123 Å². The number of nitrogens with one attached hydrogen (secondary N) is 2.